The molecule has 1 N–H and O–H groups in total. The Morgan fingerprint density at radius 2 is 1.78 bits per heavy atom. The van der Waals surface area contributed by atoms with Crippen molar-refractivity contribution < 1.29 is 19.1 Å². The Bertz CT molecular complexity index is 861. The molecule has 142 valence electrons. The lowest BCUT2D eigenvalue weighted by atomic mass is 10.1. The zero-order chi connectivity index (χ0) is 20.0. The normalized spacial score (nSPS) is 10.2. The zero-order valence-corrected chi connectivity index (χ0v) is 16.0. The molecule has 0 spiro atoms. The number of para-hydroxylation sites is 1. The van der Waals surface area contributed by atoms with Crippen molar-refractivity contribution in [3.05, 3.63) is 59.2 Å². The third-order valence-corrected chi connectivity index (χ3v) is 4.21. The van der Waals surface area contributed by atoms with Crippen LogP contribution in [0.4, 0.5) is 11.4 Å². The molecule has 0 atom stereocenters. The first kappa shape index (κ1) is 20.2. The summed E-state index contributed by atoms with van der Waals surface area (Å²) in [5.41, 5.74) is 3.48. The van der Waals surface area contributed by atoms with Gasteiger partial charge in [-0.1, -0.05) is 24.3 Å². The van der Waals surface area contributed by atoms with Gasteiger partial charge < -0.3 is 15.0 Å². The summed E-state index contributed by atoms with van der Waals surface area (Å²) in [4.78, 5) is 37.9. The Morgan fingerprint density at radius 1 is 1.07 bits per heavy atom. The number of nitrogens with one attached hydrogen (secondary N) is 1. The predicted molar refractivity (Wildman–Crippen MR) is 105 cm³/mol. The van der Waals surface area contributed by atoms with E-state index in [1.54, 1.807) is 24.3 Å². The van der Waals surface area contributed by atoms with Gasteiger partial charge in [-0.2, -0.15) is 0 Å². The maximum absolute atomic E-state index is 12.4. The number of methoxy groups -OCH3 is 1. The van der Waals surface area contributed by atoms with Crippen LogP contribution in [0.3, 0.4) is 0 Å². The van der Waals surface area contributed by atoms with Crippen molar-refractivity contribution in [1.82, 2.24) is 0 Å². The van der Waals surface area contributed by atoms with E-state index < -0.39 is 5.97 Å². The number of hydrogen-bond donors (Lipinski definition) is 1. The Hall–Kier alpha value is -3.15. The lowest BCUT2D eigenvalue weighted by molar-refractivity contribution is -0.117. The second kappa shape index (κ2) is 8.98. The molecule has 2 aromatic carbocycles. The van der Waals surface area contributed by atoms with Gasteiger partial charge in [0.2, 0.25) is 11.8 Å². The molecule has 0 fully saturated rings. The molecule has 0 aromatic heterocycles. The molecule has 0 radical (unpaired) electrons. The number of carbonyl (C=O) groups excluding carboxylic acids is 3. The van der Waals surface area contributed by atoms with Crippen molar-refractivity contribution in [1.29, 1.82) is 0 Å². The fourth-order valence-electron chi connectivity index (χ4n) is 2.74. The van der Waals surface area contributed by atoms with Crippen molar-refractivity contribution in [2.45, 2.75) is 27.2 Å². The molecule has 6 nitrogen and oxygen atoms in total. The molecule has 0 unspecified atom stereocenters. The molecule has 0 bridgehead atoms. The van der Waals surface area contributed by atoms with Gasteiger partial charge in [-0.25, -0.2) is 4.79 Å². The third kappa shape index (κ3) is 5.17. The molecule has 2 aromatic rings. The number of rotatable bonds is 6. The minimum absolute atomic E-state index is 0.0997. The molecular formula is C21H24N2O4. The fraction of sp³-hybridized carbons (Fsp3) is 0.286. The summed E-state index contributed by atoms with van der Waals surface area (Å²) in [6, 6.07) is 12.5. The van der Waals surface area contributed by atoms with Crippen molar-refractivity contribution >= 4 is 29.2 Å². The van der Waals surface area contributed by atoms with Gasteiger partial charge in [0.25, 0.3) is 0 Å². The highest BCUT2D eigenvalue weighted by Gasteiger charge is 2.20. The van der Waals surface area contributed by atoms with Crippen LogP contribution in [0.1, 0.15) is 34.8 Å². The van der Waals surface area contributed by atoms with Crippen LogP contribution in [0.2, 0.25) is 0 Å². The molecule has 6 heteroatoms. The summed E-state index contributed by atoms with van der Waals surface area (Å²) in [7, 11) is 1.29. The predicted octanol–water partition coefficient (Wildman–Crippen LogP) is 3.47. The molecule has 0 aliphatic rings. The van der Waals surface area contributed by atoms with Crippen LogP contribution in [0.15, 0.2) is 42.5 Å². The van der Waals surface area contributed by atoms with E-state index in [2.05, 4.69) is 5.32 Å². The van der Waals surface area contributed by atoms with Crippen LogP contribution >= 0.6 is 0 Å². The van der Waals surface area contributed by atoms with Crippen LogP contribution in [0.5, 0.6) is 0 Å². The highest BCUT2D eigenvalue weighted by atomic mass is 16.5. The van der Waals surface area contributed by atoms with Crippen LogP contribution in [0, 0.1) is 13.8 Å². The number of ether oxygens (including phenoxy) is 1. The van der Waals surface area contributed by atoms with Crippen molar-refractivity contribution in [2.24, 2.45) is 0 Å². The largest absolute Gasteiger partial charge is 0.465 e. The number of carbonyl (C=O) groups is 3. The Labute approximate surface area is 159 Å². The minimum Gasteiger partial charge on any atom is -0.465 e. The molecule has 0 aliphatic carbocycles. The number of hydrogen-bond acceptors (Lipinski definition) is 4. The quantitative estimate of drug-likeness (QED) is 0.792. The lowest BCUT2D eigenvalue weighted by Gasteiger charge is -2.23. The van der Waals surface area contributed by atoms with Crippen LogP contribution < -0.4 is 10.2 Å². The maximum atomic E-state index is 12.4. The third-order valence-electron chi connectivity index (χ3n) is 4.21. The standard InChI is InChI=1S/C21H24N2O4/c1-14-9-10-15(2)18(13-14)22-20(25)11-12-23(16(3)24)19-8-6-5-7-17(19)21(26)27-4/h5-10,13H,11-12H2,1-4H3,(H,22,25). The van der Waals surface area contributed by atoms with Gasteiger partial charge in [0.05, 0.1) is 18.4 Å². The Kier molecular flexibility index (Phi) is 6.71. The topological polar surface area (TPSA) is 75.7 Å². The lowest BCUT2D eigenvalue weighted by Crippen LogP contribution is -2.33. The van der Waals surface area contributed by atoms with Crippen molar-refractivity contribution in [2.75, 3.05) is 23.9 Å². The van der Waals surface area contributed by atoms with E-state index in [4.69, 9.17) is 4.74 Å². The first-order chi connectivity index (χ1) is 12.8. The molecule has 0 saturated heterocycles. The van der Waals surface area contributed by atoms with Gasteiger partial charge in [0, 0.05) is 25.6 Å². The maximum Gasteiger partial charge on any atom is 0.339 e. The SMILES string of the molecule is COC(=O)c1ccccc1N(CCC(=O)Nc1cc(C)ccc1C)C(C)=O. The van der Waals surface area contributed by atoms with E-state index in [-0.39, 0.29) is 30.3 Å². The number of amides is 2. The summed E-state index contributed by atoms with van der Waals surface area (Å²) in [5.74, 6) is -0.993. The fourth-order valence-corrected chi connectivity index (χ4v) is 2.74. The molecular weight excluding hydrogens is 344 g/mol. The molecule has 2 rings (SSSR count). The molecule has 0 saturated carbocycles. The molecule has 0 aliphatic heterocycles. The zero-order valence-electron chi connectivity index (χ0n) is 16.0. The van der Waals surface area contributed by atoms with E-state index in [1.165, 1.54) is 18.9 Å². The number of nitrogens with zero attached hydrogens (tertiary/aromatic N) is 1. The summed E-state index contributed by atoms with van der Waals surface area (Å²) in [6.45, 7) is 5.43. The molecule has 27 heavy (non-hydrogen) atoms. The molecule has 2 amide bonds. The first-order valence-corrected chi connectivity index (χ1v) is 8.66. The number of esters is 1. The van der Waals surface area contributed by atoms with Crippen molar-refractivity contribution in [3.63, 3.8) is 0 Å². The highest BCUT2D eigenvalue weighted by molar-refractivity contribution is 6.02. The summed E-state index contributed by atoms with van der Waals surface area (Å²) in [5, 5.41) is 2.88. The number of anilines is 2. The second-order valence-electron chi connectivity index (χ2n) is 6.30. The Balaban J connectivity index is 2.14. The van der Waals surface area contributed by atoms with E-state index >= 15 is 0 Å². The van der Waals surface area contributed by atoms with Crippen LogP contribution in [-0.4, -0.2) is 31.4 Å². The van der Waals surface area contributed by atoms with Gasteiger partial charge in [-0.05, 0) is 43.2 Å². The summed E-state index contributed by atoms with van der Waals surface area (Å²) >= 11 is 0. The molecule has 0 heterocycles. The Morgan fingerprint density at radius 3 is 2.44 bits per heavy atom. The van der Waals surface area contributed by atoms with Crippen LogP contribution in [-0.2, 0) is 14.3 Å². The van der Waals surface area contributed by atoms with Gasteiger partial charge in [0.15, 0.2) is 0 Å². The van der Waals surface area contributed by atoms with E-state index in [0.717, 1.165) is 16.8 Å². The smallest absolute Gasteiger partial charge is 0.339 e. The highest BCUT2D eigenvalue weighted by Crippen LogP contribution is 2.22. The number of benzene rings is 2. The van der Waals surface area contributed by atoms with Gasteiger partial charge in [-0.15, -0.1) is 0 Å². The van der Waals surface area contributed by atoms with Gasteiger partial charge in [-0.3, -0.25) is 9.59 Å². The average Bonchev–Trinajstić information content (AvgIpc) is 2.64. The van der Waals surface area contributed by atoms with Crippen LogP contribution in [0.25, 0.3) is 0 Å². The van der Waals surface area contributed by atoms with E-state index in [1.807, 2.05) is 32.0 Å². The minimum atomic E-state index is -0.531. The number of aryl methyl sites for hydroxylation is 2. The van der Waals surface area contributed by atoms with E-state index in [0.29, 0.717) is 5.69 Å². The van der Waals surface area contributed by atoms with Crippen molar-refractivity contribution in [3.8, 4) is 0 Å². The monoisotopic (exact) mass is 368 g/mol. The van der Waals surface area contributed by atoms with Gasteiger partial charge in [0.1, 0.15) is 0 Å². The first-order valence-electron chi connectivity index (χ1n) is 8.66. The summed E-state index contributed by atoms with van der Waals surface area (Å²) < 4.78 is 4.78. The summed E-state index contributed by atoms with van der Waals surface area (Å²) in [6.07, 6.45) is 0.0997. The van der Waals surface area contributed by atoms with Gasteiger partial charge >= 0.3 is 5.97 Å². The average molecular weight is 368 g/mol. The second-order valence-corrected chi connectivity index (χ2v) is 6.30. The van der Waals surface area contributed by atoms with E-state index in [9.17, 15) is 14.4 Å².